The third-order valence-corrected chi connectivity index (χ3v) is 2.41. The molecule has 1 heterocycles. The highest BCUT2D eigenvalue weighted by Crippen LogP contribution is 2.22. The van der Waals surface area contributed by atoms with E-state index in [1.807, 2.05) is 0 Å². The Balaban J connectivity index is 2.13. The maximum absolute atomic E-state index is 13.4. The molecule has 2 aromatic rings. The van der Waals surface area contributed by atoms with Gasteiger partial charge in [0.15, 0.2) is 0 Å². The monoisotopic (exact) mass is 250 g/mol. The van der Waals surface area contributed by atoms with Gasteiger partial charge < -0.3 is 9.73 Å². The summed E-state index contributed by atoms with van der Waals surface area (Å²) in [5.41, 5.74) is -0.0761. The van der Waals surface area contributed by atoms with Crippen LogP contribution in [-0.2, 0) is 6.54 Å². The number of nitrogens with zero attached hydrogens (tertiary/aromatic N) is 1. The van der Waals surface area contributed by atoms with Gasteiger partial charge in [-0.25, -0.2) is 4.39 Å². The first-order valence-electron chi connectivity index (χ1n) is 5.29. The van der Waals surface area contributed by atoms with Crippen LogP contribution in [0.2, 0.25) is 0 Å². The minimum Gasteiger partial charge on any atom is -0.465 e. The Hall–Kier alpha value is -2.37. The standard InChI is InChI=1S/C12H11FN2O3/c1-8-2-4-10(18-8)7-14-12-6-9(15(16)17)3-5-11(12)13/h2-6,14H,7H2,1H3. The van der Waals surface area contributed by atoms with Crippen LogP contribution in [0.5, 0.6) is 0 Å². The molecular weight excluding hydrogens is 239 g/mol. The molecule has 0 bridgehead atoms. The number of nitro benzene ring substituents is 1. The van der Waals surface area contributed by atoms with Gasteiger partial charge in [-0.3, -0.25) is 10.1 Å². The van der Waals surface area contributed by atoms with Crippen molar-refractivity contribution in [3.05, 3.63) is 57.8 Å². The molecule has 0 saturated heterocycles. The van der Waals surface area contributed by atoms with Crippen molar-refractivity contribution in [3.63, 3.8) is 0 Å². The van der Waals surface area contributed by atoms with Gasteiger partial charge in [-0.2, -0.15) is 0 Å². The Morgan fingerprint density at radius 1 is 1.39 bits per heavy atom. The summed E-state index contributed by atoms with van der Waals surface area (Å²) < 4.78 is 18.7. The second kappa shape index (κ2) is 4.87. The molecule has 1 N–H and O–H groups in total. The van der Waals surface area contributed by atoms with Crippen molar-refractivity contribution in [2.45, 2.75) is 13.5 Å². The van der Waals surface area contributed by atoms with E-state index >= 15 is 0 Å². The van der Waals surface area contributed by atoms with Crippen molar-refractivity contribution < 1.29 is 13.7 Å². The molecule has 0 aliphatic rings. The van der Waals surface area contributed by atoms with E-state index < -0.39 is 10.7 Å². The molecular formula is C12H11FN2O3. The molecule has 0 fully saturated rings. The largest absolute Gasteiger partial charge is 0.465 e. The first kappa shape index (κ1) is 12.1. The van der Waals surface area contributed by atoms with Gasteiger partial charge in [0.2, 0.25) is 0 Å². The van der Waals surface area contributed by atoms with Crippen molar-refractivity contribution >= 4 is 11.4 Å². The average molecular weight is 250 g/mol. The number of benzene rings is 1. The molecule has 0 aliphatic heterocycles. The molecule has 0 aliphatic carbocycles. The normalized spacial score (nSPS) is 10.3. The topological polar surface area (TPSA) is 68.3 Å². The number of hydrogen-bond acceptors (Lipinski definition) is 4. The highest BCUT2D eigenvalue weighted by molar-refractivity contribution is 5.52. The van der Waals surface area contributed by atoms with Gasteiger partial charge in [0, 0.05) is 12.1 Å². The van der Waals surface area contributed by atoms with E-state index in [1.165, 1.54) is 0 Å². The third-order valence-electron chi connectivity index (χ3n) is 2.41. The molecule has 0 unspecified atom stereocenters. The van der Waals surface area contributed by atoms with Gasteiger partial charge in [-0.1, -0.05) is 0 Å². The van der Waals surface area contributed by atoms with E-state index in [-0.39, 0.29) is 17.9 Å². The SMILES string of the molecule is Cc1ccc(CNc2cc([N+](=O)[O-])ccc2F)o1. The van der Waals surface area contributed by atoms with Crippen LogP contribution < -0.4 is 5.32 Å². The zero-order chi connectivity index (χ0) is 13.1. The summed E-state index contributed by atoms with van der Waals surface area (Å²) >= 11 is 0. The smallest absolute Gasteiger partial charge is 0.271 e. The Morgan fingerprint density at radius 3 is 2.78 bits per heavy atom. The molecule has 1 aromatic carbocycles. The van der Waals surface area contributed by atoms with Crippen LogP contribution in [0.3, 0.4) is 0 Å². The highest BCUT2D eigenvalue weighted by atomic mass is 19.1. The van der Waals surface area contributed by atoms with Crippen LogP contribution in [0.15, 0.2) is 34.7 Å². The van der Waals surface area contributed by atoms with Gasteiger partial charge in [0.1, 0.15) is 17.3 Å². The molecule has 1 aromatic heterocycles. The molecule has 6 heteroatoms. The summed E-state index contributed by atoms with van der Waals surface area (Å²) in [5.74, 6) is 0.855. The molecule has 0 radical (unpaired) electrons. The molecule has 94 valence electrons. The fraction of sp³-hybridized carbons (Fsp3) is 0.167. The van der Waals surface area contributed by atoms with Crippen LogP contribution in [0.1, 0.15) is 11.5 Å². The number of nitro groups is 1. The lowest BCUT2D eigenvalue weighted by Gasteiger charge is -2.05. The number of anilines is 1. The Bertz CT molecular complexity index is 580. The third kappa shape index (κ3) is 2.65. The molecule has 2 rings (SSSR count). The summed E-state index contributed by atoms with van der Waals surface area (Å²) in [4.78, 5) is 10.0. The highest BCUT2D eigenvalue weighted by Gasteiger charge is 2.10. The predicted octanol–water partition coefficient (Wildman–Crippen LogP) is 3.25. The number of nitrogens with one attached hydrogen (secondary N) is 1. The lowest BCUT2D eigenvalue weighted by atomic mass is 10.2. The van der Waals surface area contributed by atoms with E-state index in [0.717, 1.165) is 24.0 Å². The Morgan fingerprint density at radius 2 is 2.17 bits per heavy atom. The van der Waals surface area contributed by atoms with Crippen LogP contribution in [0.25, 0.3) is 0 Å². The van der Waals surface area contributed by atoms with Gasteiger partial charge in [0.25, 0.3) is 5.69 Å². The minimum absolute atomic E-state index is 0.0817. The molecule has 0 atom stereocenters. The van der Waals surface area contributed by atoms with E-state index in [4.69, 9.17) is 4.42 Å². The molecule has 0 saturated carbocycles. The number of hydrogen-bond donors (Lipinski definition) is 1. The molecule has 5 nitrogen and oxygen atoms in total. The summed E-state index contributed by atoms with van der Waals surface area (Å²) in [6.45, 7) is 2.07. The molecule has 0 spiro atoms. The van der Waals surface area contributed by atoms with Gasteiger partial charge >= 0.3 is 0 Å². The summed E-state index contributed by atoms with van der Waals surface area (Å²) in [5, 5.41) is 13.3. The van der Waals surface area contributed by atoms with Gasteiger partial charge in [0.05, 0.1) is 17.2 Å². The van der Waals surface area contributed by atoms with Crippen LogP contribution in [-0.4, -0.2) is 4.92 Å². The van der Waals surface area contributed by atoms with E-state index in [2.05, 4.69) is 5.32 Å². The lowest BCUT2D eigenvalue weighted by Crippen LogP contribution is -2.01. The van der Waals surface area contributed by atoms with Gasteiger partial charge in [-0.05, 0) is 25.1 Å². The van der Waals surface area contributed by atoms with E-state index in [1.54, 1.807) is 19.1 Å². The maximum atomic E-state index is 13.4. The second-order valence-electron chi connectivity index (χ2n) is 3.79. The van der Waals surface area contributed by atoms with E-state index in [0.29, 0.717) is 5.76 Å². The van der Waals surface area contributed by atoms with Crippen LogP contribution >= 0.6 is 0 Å². The number of non-ortho nitro benzene ring substituents is 1. The number of halogens is 1. The van der Waals surface area contributed by atoms with Crippen molar-refractivity contribution in [2.24, 2.45) is 0 Å². The quantitative estimate of drug-likeness (QED) is 0.668. The molecule has 0 amide bonds. The maximum Gasteiger partial charge on any atom is 0.271 e. The molecule has 18 heavy (non-hydrogen) atoms. The van der Waals surface area contributed by atoms with Crippen molar-refractivity contribution in [1.29, 1.82) is 0 Å². The van der Waals surface area contributed by atoms with E-state index in [9.17, 15) is 14.5 Å². The first-order chi connectivity index (χ1) is 8.56. The summed E-state index contributed by atoms with van der Waals surface area (Å²) in [6, 6.07) is 6.90. The van der Waals surface area contributed by atoms with Crippen molar-refractivity contribution in [1.82, 2.24) is 0 Å². The predicted molar refractivity (Wildman–Crippen MR) is 63.8 cm³/mol. The zero-order valence-electron chi connectivity index (χ0n) is 9.64. The first-order valence-corrected chi connectivity index (χ1v) is 5.29. The Kier molecular flexibility index (Phi) is 3.27. The summed E-state index contributed by atoms with van der Waals surface area (Å²) in [6.07, 6.45) is 0. The average Bonchev–Trinajstić information content (AvgIpc) is 2.74. The minimum atomic E-state index is -0.568. The zero-order valence-corrected chi connectivity index (χ0v) is 9.64. The number of aryl methyl sites for hydroxylation is 1. The lowest BCUT2D eigenvalue weighted by molar-refractivity contribution is -0.384. The number of furan rings is 1. The fourth-order valence-electron chi connectivity index (χ4n) is 1.52. The van der Waals surface area contributed by atoms with Crippen molar-refractivity contribution in [2.75, 3.05) is 5.32 Å². The Labute approximate surface area is 102 Å². The summed E-state index contributed by atoms with van der Waals surface area (Å²) in [7, 11) is 0. The number of rotatable bonds is 4. The van der Waals surface area contributed by atoms with Crippen LogP contribution in [0.4, 0.5) is 15.8 Å². The second-order valence-corrected chi connectivity index (χ2v) is 3.79. The van der Waals surface area contributed by atoms with Crippen molar-refractivity contribution in [3.8, 4) is 0 Å². The van der Waals surface area contributed by atoms with Crippen LogP contribution in [0, 0.1) is 22.9 Å². The fourth-order valence-corrected chi connectivity index (χ4v) is 1.52. The van der Waals surface area contributed by atoms with Gasteiger partial charge in [-0.15, -0.1) is 0 Å².